The largest absolute Gasteiger partial charge is 0.325 e. The lowest BCUT2D eigenvalue weighted by atomic mass is 9.97. The van der Waals surface area contributed by atoms with Gasteiger partial charge in [-0.3, -0.25) is 4.79 Å². The number of carbonyl (C=O) groups is 1. The van der Waals surface area contributed by atoms with Crippen LogP contribution in [0.1, 0.15) is 30.4 Å². The maximum Gasteiger partial charge on any atom is 0.225 e. The van der Waals surface area contributed by atoms with Gasteiger partial charge in [-0.05, 0) is 52.0 Å². The lowest BCUT2D eigenvalue weighted by Crippen LogP contribution is -2.14. The van der Waals surface area contributed by atoms with Gasteiger partial charge in [-0.1, -0.05) is 43.3 Å². The van der Waals surface area contributed by atoms with Gasteiger partial charge in [-0.25, -0.2) is 0 Å². The molecular weight excluding hydrogens is 314 g/mol. The van der Waals surface area contributed by atoms with Crippen LogP contribution < -0.4 is 5.32 Å². The molecule has 1 amide bonds. The maximum absolute atomic E-state index is 12.1. The van der Waals surface area contributed by atoms with Crippen molar-refractivity contribution < 1.29 is 4.79 Å². The molecule has 2 nitrogen and oxygen atoms in total. The van der Waals surface area contributed by atoms with Gasteiger partial charge in [0.25, 0.3) is 0 Å². The van der Waals surface area contributed by atoms with Gasteiger partial charge in [0.05, 0.1) is 5.69 Å². The summed E-state index contributed by atoms with van der Waals surface area (Å²) in [6, 6.07) is 16.0. The Kier molecular flexibility index (Phi) is 4.96. The number of benzene rings is 2. The summed E-state index contributed by atoms with van der Waals surface area (Å²) in [6.07, 6.45) is 0.477. The fourth-order valence-corrected chi connectivity index (χ4v) is 2.69. The van der Waals surface area contributed by atoms with Crippen LogP contribution in [0.3, 0.4) is 0 Å². The molecule has 0 saturated heterocycles. The molecule has 0 unspecified atom stereocenters. The van der Waals surface area contributed by atoms with E-state index in [4.69, 9.17) is 0 Å². The molecule has 3 heteroatoms. The summed E-state index contributed by atoms with van der Waals surface area (Å²) in [4.78, 5) is 12.1. The SMILES string of the molecule is Cc1ccc(NC(=O)C[C@@H](C)c2ccccc2)c(Br)c1. The first-order chi connectivity index (χ1) is 9.56. The van der Waals surface area contributed by atoms with E-state index in [1.54, 1.807) is 0 Å². The van der Waals surface area contributed by atoms with Crippen LogP contribution in [0, 0.1) is 6.92 Å². The predicted octanol–water partition coefficient (Wildman–Crippen LogP) is 4.89. The first kappa shape index (κ1) is 14.8. The van der Waals surface area contributed by atoms with Crippen LogP contribution in [0.4, 0.5) is 5.69 Å². The van der Waals surface area contributed by atoms with Crippen LogP contribution in [-0.4, -0.2) is 5.91 Å². The molecule has 2 rings (SSSR count). The molecule has 104 valence electrons. The van der Waals surface area contributed by atoms with Crippen LogP contribution in [0.15, 0.2) is 53.0 Å². The number of hydrogen-bond acceptors (Lipinski definition) is 1. The fourth-order valence-electron chi connectivity index (χ4n) is 2.10. The van der Waals surface area contributed by atoms with Crippen LogP contribution >= 0.6 is 15.9 Å². The van der Waals surface area contributed by atoms with E-state index in [2.05, 4.69) is 40.3 Å². The van der Waals surface area contributed by atoms with Gasteiger partial charge in [-0.2, -0.15) is 0 Å². The van der Waals surface area contributed by atoms with E-state index in [9.17, 15) is 4.79 Å². The highest BCUT2D eigenvalue weighted by Crippen LogP contribution is 2.25. The number of halogens is 1. The van der Waals surface area contributed by atoms with Crippen molar-refractivity contribution in [1.82, 2.24) is 0 Å². The number of amides is 1. The van der Waals surface area contributed by atoms with E-state index in [0.29, 0.717) is 6.42 Å². The lowest BCUT2D eigenvalue weighted by molar-refractivity contribution is -0.116. The Morgan fingerprint density at radius 3 is 2.55 bits per heavy atom. The van der Waals surface area contributed by atoms with Gasteiger partial charge in [0.1, 0.15) is 0 Å². The van der Waals surface area contributed by atoms with Gasteiger partial charge in [0.15, 0.2) is 0 Å². The van der Waals surface area contributed by atoms with Gasteiger partial charge >= 0.3 is 0 Å². The average Bonchev–Trinajstić information content (AvgIpc) is 2.43. The molecule has 0 heterocycles. The van der Waals surface area contributed by atoms with Gasteiger partial charge in [0, 0.05) is 10.9 Å². The highest BCUT2D eigenvalue weighted by molar-refractivity contribution is 9.10. The summed E-state index contributed by atoms with van der Waals surface area (Å²) in [6.45, 7) is 4.09. The smallest absolute Gasteiger partial charge is 0.225 e. The number of anilines is 1. The standard InChI is InChI=1S/C17H18BrNO/c1-12-8-9-16(15(18)10-12)19-17(20)11-13(2)14-6-4-3-5-7-14/h3-10,13H,11H2,1-2H3,(H,19,20)/t13-/m1/s1. The molecular formula is C17H18BrNO. The van der Waals surface area contributed by atoms with Crippen molar-refractivity contribution in [2.45, 2.75) is 26.2 Å². The van der Waals surface area contributed by atoms with Crippen LogP contribution in [-0.2, 0) is 4.79 Å². The van der Waals surface area contributed by atoms with E-state index in [0.717, 1.165) is 15.7 Å². The molecule has 20 heavy (non-hydrogen) atoms. The molecule has 0 aliphatic heterocycles. The second-order valence-corrected chi connectivity index (χ2v) is 5.90. The quantitative estimate of drug-likeness (QED) is 0.849. The van der Waals surface area contributed by atoms with Crippen LogP contribution in [0.25, 0.3) is 0 Å². The molecule has 0 aliphatic carbocycles. The third kappa shape index (κ3) is 3.94. The first-order valence-corrected chi connectivity index (χ1v) is 7.46. The van der Waals surface area contributed by atoms with Crippen molar-refractivity contribution in [3.63, 3.8) is 0 Å². The van der Waals surface area contributed by atoms with Crippen molar-refractivity contribution in [2.24, 2.45) is 0 Å². The molecule has 0 aliphatic rings. The number of aryl methyl sites for hydroxylation is 1. The van der Waals surface area contributed by atoms with Gasteiger partial charge in [0.2, 0.25) is 5.91 Å². The van der Waals surface area contributed by atoms with Crippen molar-refractivity contribution in [3.8, 4) is 0 Å². The minimum atomic E-state index is 0.0332. The second-order valence-electron chi connectivity index (χ2n) is 5.05. The molecule has 0 saturated carbocycles. The average molecular weight is 332 g/mol. The highest BCUT2D eigenvalue weighted by Gasteiger charge is 2.12. The summed E-state index contributed by atoms with van der Waals surface area (Å²) in [7, 11) is 0. The normalized spacial score (nSPS) is 11.9. The topological polar surface area (TPSA) is 29.1 Å². The molecule has 1 atom stereocenters. The van der Waals surface area contributed by atoms with E-state index in [1.165, 1.54) is 5.56 Å². The summed E-state index contributed by atoms with van der Waals surface area (Å²) in [5.41, 5.74) is 3.17. The van der Waals surface area contributed by atoms with E-state index in [-0.39, 0.29) is 11.8 Å². The third-order valence-corrected chi connectivity index (χ3v) is 3.91. The summed E-state index contributed by atoms with van der Waals surface area (Å²) in [5, 5.41) is 2.95. The number of hydrogen-bond donors (Lipinski definition) is 1. The monoisotopic (exact) mass is 331 g/mol. The Bertz CT molecular complexity index is 595. The molecule has 1 N–H and O–H groups in total. The molecule has 0 aromatic heterocycles. The van der Waals surface area contributed by atoms with Crippen molar-refractivity contribution in [1.29, 1.82) is 0 Å². The summed E-state index contributed by atoms with van der Waals surface area (Å²) in [5.74, 6) is 0.242. The van der Waals surface area contributed by atoms with Crippen LogP contribution in [0.2, 0.25) is 0 Å². The molecule has 0 bridgehead atoms. The highest BCUT2D eigenvalue weighted by atomic mass is 79.9. The zero-order chi connectivity index (χ0) is 14.5. The number of carbonyl (C=O) groups excluding carboxylic acids is 1. The Morgan fingerprint density at radius 2 is 1.90 bits per heavy atom. The minimum Gasteiger partial charge on any atom is -0.325 e. The first-order valence-electron chi connectivity index (χ1n) is 6.67. The summed E-state index contributed by atoms with van der Waals surface area (Å²) < 4.78 is 0.915. The Morgan fingerprint density at radius 1 is 1.20 bits per heavy atom. The fraction of sp³-hybridized carbons (Fsp3) is 0.235. The lowest BCUT2D eigenvalue weighted by Gasteiger charge is -2.13. The number of nitrogens with one attached hydrogen (secondary N) is 1. The van der Waals surface area contributed by atoms with Crippen LogP contribution in [0.5, 0.6) is 0 Å². The second kappa shape index (κ2) is 6.71. The Labute approximate surface area is 128 Å². The van der Waals surface area contributed by atoms with E-state index >= 15 is 0 Å². The molecule has 0 radical (unpaired) electrons. The zero-order valence-electron chi connectivity index (χ0n) is 11.7. The molecule has 2 aromatic rings. The third-order valence-electron chi connectivity index (χ3n) is 3.26. The van der Waals surface area contributed by atoms with E-state index in [1.807, 2.05) is 43.3 Å². The Hall–Kier alpha value is -1.61. The molecule has 2 aromatic carbocycles. The minimum absolute atomic E-state index is 0.0332. The summed E-state index contributed by atoms with van der Waals surface area (Å²) >= 11 is 3.47. The van der Waals surface area contributed by atoms with Gasteiger partial charge < -0.3 is 5.32 Å². The molecule has 0 spiro atoms. The van der Waals surface area contributed by atoms with E-state index < -0.39 is 0 Å². The van der Waals surface area contributed by atoms with Crippen molar-refractivity contribution in [3.05, 3.63) is 64.1 Å². The predicted molar refractivity (Wildman–Crippen MR) is 87.0 cm³/mol. The van der Waals surface area contributed by atoms with Crippen molar-refractivity contribution in [2.75, 3.05) is 5.32 Å². The zero-order valence-corrected chi connectivity index (χ0v) is 13.3. The Balaban J connectivity index is 1.99. The number of rotatable bonds is 4. The van der Waals surface area contributed by atoms with Gasteiger partial charge in [-0.15, -0.1) is 0 Å². The van der Waals surface area contributed by atoms with Crippen molar-refractivity contribution >= 4 is 27.5 Å². The maximum atomic E-state index is 12.1. The molecule has 0 fully saturated rings.